The molecule has 0 aliphatic rings. The second kappa shape index (κ2) is 5.21. The minimum absolute atomic E-state index is 0.0535. The number of carbonyl (C=O) groups excluding carboxylic acids is 1. The second-order valence-corrected chi connectivity index (χ2v) is 4.92. The fourth-order valence-corrected chi connectivity index (χ4v) is 1.64. The maximum absolute atomic E-state index is 12.2. The molecule has 1 amide bonds. The zero-order chi connectivity index (χ0) is 13.2. The number of aromatic hydroxyl groups is 1. The van der Waals surface area contributed by atoms with E-state index in [-0.39, 0.29) is 17.7 Å². The molecule has 0 fully saturated rings. The first-order chi connectivity index (χ1) is 7.84. The van der Waals surface area contributed by atoms with Crippen LogP contribution in [-0.2, 0) is 0 Å². The lowest BCUT2D eigenvalue weighted by Gasteiger charge is -2.28. The van der Waals surface area contributed by atoms with Crippen LogP contribution in [0.2, 0.25) is 0 Å². The average molecular weight is 235 g/mol. The number of phenolic OH excluding ortho intramolecular Hbond substituents is 1. The number of nitrogens with zero attached hydrogens (tertiary/aromatic N) is 1. The number of hydrogen-bond donors (Lipinski definition) is 1. The van der Waals surface area contributed by atoms with Crippen LogP contribution in [0, 0.1) is 12.8 Å². The molecule has 1 N–H and O–H groups in total. The maximum Gasteiger partial charge on any atom is 0.257 e. The fraction of sp³-hybridized carbons (Fsp3) is 0.500. The molecular weight excluding hydrogens is 214 g/mol. The number of hydrogen-bond acceptors (Lipinski definition) is 2. The summed E-state index contributed by atoms with van der Waals surface area (Å²) in [7, 11) is 1.77. The van der Waals surface area contributed by atoms with Gasteiger partial charge in [0.1, 0.15) is 5.75 Å². The third kappa shape index (κ3) is 2.99. The Kier molecular flexibility index (Phi) is 4.16. The largest absolute Gasteiger partial charge is 0.507 e. The number of phenols is 1. The van der Waals surface area contributed by atoms with Gasteiger partial charge in [-0.25, -0.2) is 0 Å². The van der Waals surface area contributed by atoms with Crippen molar-refractivity contribution < 1.29 is 9.90 Å². The van der Waals surface area contributed by atoms with Crippen molar-refractivity contribution in [3.05, 3.63) is 29.3 Å². The van der Waals surface area contributed by atoms with Crippen LogP contribution in [0.3, 0.4) is 0 Å². The molecule has 0 saturated heterocycles. The lowest BCUT2D eigenvalue weighted by Crippen LogP contribution is -2.38. The minimum atomic E-state index is -0.135. The molecule has 0 radical (unpaired) electrons. The van der Waals surface area contributed by atoms with Crippen LogP contribution in [0.5, 0.6) is 5.75 Å². The molecule has 1 rings (SSSR count). The second-order valence-electron chi connectivity index (χ2n) is 4.92. The number of aryl methyl sites for hydroxylation is 1. The van der Waals surface area contributed by atoms with Crippen LogP contribution < -0.4 is 0 Å². The molecule has 1 aromatic rings. The number of amides is 1. The van der Waals surface area contributed by atoms with Gasteiger partial charge >= 0.3 is 0 Å². The normalized spacial score (nSPS) is 12.6. The quantitative estimate of drug-likeness (QED) is 0.875. The highest BCUT2D eigenvalue weighted by atomic mass is 16.3. The van der Waals surface area contributed by atoms with Gasteiger partial charge in [-0.2, -0.15) is 0 Å². The van der Waals surface area contributed by atoms with Gasteiger partial charge in [-0.1, -0.05) is 19.9 Å². The van der Waals surface area contributed by atoms with Crippen molar-refractivity contribution in [2.24, 2.45) is 5.92 Å². The summed E-state index contributed by atoms with van der Waals surface area (Å²) in [5.41, 5.74) is 1.31. The first kappa shape index (κ1) is 13.6. The van der Waals surface area contributed by atoms with Crippen LogP contribution in [0.4, 0.5) is 0 Å². The van der Waals surface area contributed by atoms with Gasteiger partial charge in [-0.3, -0.25) is 4.79 Å². The van der Waals surface area contributed by atoms with E-state index in [1.807, 2.05) is 19.9 Å². The summed E-state index contributed by atoms with van der Waals surface area (Å²) in [6.07, 6.45) is 0. The van der Waals surface area contributed by atoms with Crippen molar-refractivity contribution in [1.82, 2.24) is 4.90 Å². The monoisotopic (exact) mass is 235 g/mol. The van der Waals surface area contributed by atoms with Crippen LogP contribution in [0.25, 0.3) is 0 Å². The van der Waals surface area contributed by atoms with Gasteiger partial charge in [-0.15, -0.1) is 0 Å². The Hall–Kier alpha value is -1.51. The van der Waals surface area contributed by atoms with Crippen LogP contribution >= 0.6 is 0 Å². The van der Waals surface area contributed by atoms with Crippen molar-refractivity contribution in [3.8, 4) is 5.75 Å². The molecular formula is C14H21NO2. The zero-order valence-electron chi connectivity index (χ0n) is 11.2. The summed E-state index contributed by atoms with van der Waals surface area (Å²) in [6.45, 7) is 8.04. The first-order valence-corrected chi connectivity index (χ1v) is 5.91. The number of rotatable bonds is 3. The van der Waals surface area contributed by atoms with Crippen molar-refractivity contribution in [2.45, 2.75) is 33.7 Å². The van der Waals surface area contributed by atoms with E-state index in [4.69, 9.17) is 0 Å². The Morgan fingerprint density at radius 3 is 2.35 bits per heavy atom. The lowest BCUT2D eigenvalue weighted by atomic mass is 10.0. The molecule has 94 valence electrons. The Labute approximate surface area is 103 Å². The highest BCUT2D eigenvalue weighted by Crippen LogP contribution is 2.21. The molecule has 0 spiro atoms. The third-order valence-electron chi connectivity index (χ3n) is 3.28. The van der Waals surface area contributed by atoms with Crippen molar-refractivity contribution in [3.63, 3.8) is 0 Å². The van der Waals surface area contributed by atoms with E-state index < -0.39 is 0 Å². The van der Waals surface area contributed by atoms with E-state index in [9.17, 15) is 9.90 Å². The fourth-order valence-electron chi connectivity index (χ4n) is 1.64. The summed E-state index contributed by atoms with van der Waals surface area (Å²) >= 11 is 0. The van der Waals surface area contributed by atoms with Gasteiger partial charge in [0.15, 0.2) is 0 Å². The Bertz CT molecular complexity index is 413. The van der Waals surface area contributed by atoms with Crippen LogP contribution in [0.1, 0.15) is 36.7 Å². The lowest BCUT2D eigenvalue weighted by molar-refractivity contribution is 0.0704. The molecule has 1 atom stereocenters. The van der Waals surface area contributed by atoms with Gasteiger partial charge in [0.25, 0.3) is 5.91 Å². The highest BCUT2D eigenvalue weighted by Gasteiger charge is 2.21. The van der Waals surface area contributed by atoms with Crippen LogP contribution in [0.15, 0.2) is 18.2 Å². The van der Waals surface area contributed by atoms with Gasteiger partial charge in [-0.05, 0) is 37.5 Å². The molecule has 0 heterocycles. The van der Waals surface area contributed by atoms with E-state index in [2.05, 4.69) is 13.8 Å². The van der Waals surface area contributed by atoms with E-state index in [0.29, 0.717) is 11.5 Å². The predicted octanol–water partition coefficient (Wildman–Crippen LogP) is 2.82. The topological polar surface area (TPSA) is 40.5 Å². The predicted molar refractivity (Wildman–Crippen MR) is 69.2 cm³/mol. The number of carbonyl (C=O) groups is 1. The summed E-state index contributed by atoms with van der Waals surface area (Å²) in [4.78, 5) is 13.9. The summed E-state index contributed by atoms with van der Waals surface area (Å²) < 4.78 is 0. The van der Waals surface area contributed by atoms with Gasteiger partial charge in [0.2, 0.25) is 0 Å². The molecule has 3 nitrogen and oxygen atoms in total. The van der Waals surface area contributed by atoms with Crippen LogP contribution in [-0.4, -0.2) is 29.0 Å². The standard InChI is InChI=1S/C14H21NO2/c1-9(2)11(4)15(5)14(17)12-7-6-10(3)8-13(12)16/h6-9,11,16H,1-5H3. The van der Waals surface area contributed by atoms with E-state index in [0.717, 1.165) is 5.56 Å². The highest BCUT2D eigenvalue weighted by molar-refractivity contribution is 5.96. The Morgan fingerprint density at radius 2 is 1.88 bits per heavy atom. The Morgan fingerprint density at radius 1 is 1.29 bits per heavy atom. The number of benzene rings is 1. The molecule has 0 saturated carbocycles. The van der Waals surface area contributed by atoms with Crippen molar-refractivity contribution >= 4 is 5.91 Å². The molecule has 0 aliphatic carbocycles. The maximum atomic E-state index is 12.2. The first-order valence-electron chi connectivity index (χ1n) is 5.91. The van der Waals surface area contributed by atoms with E-state index >= 15 is 0 Å². The molecule has 17 heavy (non-hydrogen) atoms. The molecule has 1 unspecified atom stereocenters. The van der Waals surface area contributed by atoms with Gasteiger partial charge in [0.05, 0.1) is 5.56 Å². The summed E-state index contributed by atoms with van der Waals surface area (Å²) in [5, 5.41) is 9.78. The average Bonchev–Trinajstić information content (AvgIpc) is 2.26. The smallest absolute Gasteiger partial charge is 0.257 e. The molecule has 0 aromatic heterocycles. The molecule has 3 heteroatoms. The minimum Gasteiger partial charge on any atom is -0.507 e. The summed E-state index contributed by atoms with van der Waals surface area (Å²) in [6, 6.07) is 5.27. The molecule has 0 aliphatic heterocycles. The summed E-state index contributed by atoms with van der Waals surface area (Å²) in [5.74, 6) is 0.304. The Balaban J connectivity index is 2.96. The third-order valence-corrected chi connectivity index (χ3v) is 3.28. The van der Waals surface area contributed by atoms with Crippen molar-refractivity contribution in [2.75, 3.05) is 7.05 Å². The zero-order valence-corrected chi connectivity index (χ0v) is 11.2. The van der Waals surface area contributed by atoms with E-state index in [1.165, 1.54) is 0 Å². The van der Waals surface area contributed by atoms with E-state index in [1.54, 1.807) is 24.1 Å². The van der Waals surface area contributed by atoms with Crippen molar-refractivity contribution in [1.29, 1.82) is 0 Å². The molecule has 1 aromatic carbocycles. The molecule has 0 bridgehead atoms. The SMILES string of the molecule is Cc1ccc(C(=O)N(C)C(C)C(C)C)c(O)c1. The van der Waals surface area contributed by atoms with Gasteiger partial charge in [0, 0.05) is 13.1 Å². The van der Waals surface area contributed by atoms with Gasteiger partial charge < -0.3 is 10.0 Å².